The molecule has 0 aliphatic rings. The summed E-state index contributed by atoms with van der Waals surface area (Å²) in [6.07, 6.45) is 15.6. The largest absolute Gasteiger partial charge is 0.494 e. The SMILES string of the molecule is CCCCCCCCOc1ccc([I+]c2ccc(OCCCCCCCC)cc2)cc1.O=S(=O)(O)O. The quantitative estimate of drug-likeness (QED) is 0.141. The molecule has 0 aromatic heterocycles. The van der Waals surface area contributed by atoms with Crippen molar-refractivity contribution in [2.45, 2.75) is 90.9 Å². The summed E-state index contributed by atoms with van der Waals surface area (Å²) in [6.45, 7) is 6.19. The van der Waals surface area contributed by atoms with E-state index in [9.17, 15) is 0 Å². The number of benzene rings is 2. The molecule has 204 valence electrons. The van der Waals surface area contributed by atoms with E-state index in [4.69, 9.17) is 27.0 Å². The molecule has 0 unspecified atom stereocenters. The second-order valence-corrected chi connectivity index (χ2v) is 12.6. The number of ether oxygens (including phenoxy) is 2. The highest BCUT2D eigenvalue weighted by atomic mass is 127. The van der Waals surface area contributed by atoms with Gasteiger partial charge in [-0.15, -0.1) is 0 Å². The topological polar surface area (TPSA) is 93.1 Å². The van der Waals surface area contributed by atoms with E-state index < -0.39 is 10.4 Å². The molecule has 2 N–H and O–H groups in total. The van der Waals surface area contributed by atoms with Gasteiger partial charge in [0.1, 0.15) is 11.5 Å². The Bertz CT molecular complexity index is 818. The summed E-state index contributed by atoms with van der Waals surface area (Å²) < 4.78 is 46.2. The van der Waals surface area contributed by atoms with E-state index in [1.54, 1.807) is 0 Å². The lowest BCUT2D eigenvalue weighted by molar-refractivity contribution is -0.597. The fourth-order valence-corrected chi connectivity index (χ4v) is 5.62. The Balaban J connectivity index is 0.00000118. The predicted octanol–water partition coefficient (Wildman–Crippen LogP) is 4.64. The third-order valence-electron chi connectivity index (χ3n) is 5.38. The molecule has 0 bridgehead atoms. The van der Waals surface area contributed by atoms with E-state index in [1.807, 2.05) is 0 Å². The molecule has 0 aliphatic heterocycles. The maximum Gasteiger partial charge on any atom is 0.394 e. The van der Waals surface area contributed by atoms with Gasteiger partial charge in [0.2, 0.25) is 0 Å². The van der Waals surface area contributed by atoms with Gasteiger partial charge in [0.15, 0.2) is 7.14 Å². The summed E-state index contributed by atoms with van der Waals surface area (Å²) in [5, 5.41) is 0. The average molecular weight is 636 g/mol. The number of hydrogen-bond acceptors (Lipinski definition) is 4. The fraction of sp³-hybridized carbons (Fsp3) is 0.571. The number of unbranched alkanes of at least 4 members (excludes halogenated alkanes) is 10. The zero-order valence-electron chi connectivity index (χ0n) is 21.8. The zero-order valence-corrected chi connectivity index (χ0v) is 24.8. The van der Waals surface area contributed by atoms with Crippen molar-refractivity contribution in [3.63, 3.8) is 0 Å². The van der Waals surface area contributed by atoms with E-state index in [2.05, 4.69) is 62.4 Å². The van der Waals surface area contributed by atoms with Gasteiger partial charge in [-0.3, -0.25) is 9.11 Å². The van der Waals surface area contributed by atoms with Gasteiger partial charge in [-0.25, -0.2) is 0 Å². The van der Waals surface area contributed by atoms with E-state index in [0.717, 1.165) is 37.6 Å². The van der Waals surface area contributed by atoms with Crippen molar-refractivity contribution in [3.8, 4) is 11.5 Å². The lowest BCUT2D eigenvalue weighted by atomic mass is 10.1. The van der Waals surface area contributed by atoms with Crippen molar-refractivity contribution in [1.82, 2.24) is 0 Å². The Kier molecular flexibility index (Phi) is 18.8. The van der Waals surface area contributed by atoms with Gasteiger partial charge < -0.3 is 9.47 Å². The first kappa shape index (κ1) is 32.7. The van der Waals surface area contributed by atoms with Crippen LogP contribution in [-0.4, -0.2) is 30.7 Å². The molecule has 2 aromatic carbocycles. The molecular formula is C28H44IO6S+. The van der Waals surface area contributed by atoms with Crippen molar-refractivity contribution >= 4 is 10.4 Å². The van der Waals surface area contributed by atoms with E-state index in [1.165, 1.54) is 71.3 Å². The molecule has 0 saturated carbocycles. The maximum absolute atomic E-state index is 8.74. The molecule has 2 rings (SSSR count). The van der Waals surface area contributed by atoms with Gasteiger partial charge in [-0.2, -0.15) is 8.42 Å². The normalized spacial score (nSPS) is 11.0. The van der Waals surface area contributed by atoms with Crippen molar-refractivity contribution in [2.24, 2.45) is 0 Å². The molecule has 0 fully saturated rings. The zero-order chi connectivity index (χ0) is 26.5. The molecule has 0 spiro atoms. The standard InChI is InChI=1S/C28H42IO2.H2O4S/c1-3-5-7-9-11-13-23-30-27-19-15-25(16-20-27)29-26-17-21-28(22-18-26)31-24-14-12-10-8-6-4-2;1-5(2,3)4/h15-22H,3-14,23-24H2,1-2H3;(H2,1,2,3,4)/q+1;. The van der Waals surface area contributed by atoms with Gasteiger partial charge in [0.05, 0.1) is 13.2 Å². The summed E-state index contributed by atoms with van der Waals surface area (Å²) >= 11 is -0.160. The Morgan fingerprint density at radius 2 is 0.889 bits per heavy atom. The minimum Gasteiger partial charge on any atom is -0.494 e. The van der Waals surface area contributed by atoms with Crippen LogP contribution in [0.2, 0.25) is 0 Å². The van der Waals surface area contributed by atoms with Gasteiger partial charge in [-0.05, 0) is 61.4 Å². The van der Waals surface area contributed by atoms with Gasteiger partial charge >= 0.3 is 31.6 Å². The molecule has 2 aromatic rings. The van der Waals surface area contributed by atoms with Crippen LogP contribution in [0.15, 0.2) is 48.5 Å². The monoisotopic (exact) mass is 635 g/mol. The highest BCUT2D eigenvalue weighted by Crippen LogP contribution is 2.12. The number of hydrogen-bond donors (Lipinski definition) is 2. The summed E-state index contributed by atoms with van der Waals surface area (Å²) in [5.41, 5.74) is 0. The molecular weight excluding hydrogens is 591 g/mol. The van der Waals surface area contributed by atoms with Crippen LogP contribution in [-0.2, 0) is 10.4 Å². The lowest BCUT2D eigenvalue weighted by Crippen LogP contribution is -3.61. The van der Waals surface area contributed by atoms with Gasteiger partial charge in [-0.1, -0.05) is 78.1 Å². The average Bonchev–Trinajstić information content (AvgIpc) is 2.84. The molecule has 36 heavy (non-hydrogen) atoms. The first-order valence-corrected chi connectivity index (χ1v) is 16.7. The number of halogens is 1. The molecule has 0 aliphatic carbocycles. The van der Waals surface area contributed by atoms with Crippen LogP contribution in [0.1, 0.15) is 90.9 Å². The van der Waals surface area contributed by atoms with Crippen LogP contribution in [0, 0.1) is 7.14 Å². The summed E-state index contributed by atoms with van der Waals surface area (Å²) in [5.74, 6) is 2.00. The summed E-state index contributed by atoms with van der Waals surface area (Å²) in [7, 11) is -4.67. The van der Waals surface area contributed by atoms with Crippen molar-refractivity contribution in [1.29, 1.82) is 0 Å². The minimum absolute atomic E-state index is 0.160. The van der Waals surface area contributed by atoms with Gasteiger partial charge in [0.25, 0.3) is 0 Å². The smallest absolute Gasteiger partial charge is 0.394 e. The van der Waals surface area contributed by atoms with Crippen LogP contribution in [0.4, 0.5) is 0 Å². The Hall–Kier alpha value is -1.36. The highest BCUT2D eigenvalue weighted by Gasteiger charge is 2.15. The fourth-order valence-electron chi connectivity index (χ4n) is 3.46. The first-order chi connectivity index (χ1) is 17.3. The Morgan fingerprint density at radius 3 is 1.22 bits per heavy atom. The van der Waals surface area contributed by atoms with E-state index in [0.29, 0.717) is 0 Å². The van der Waals surface area contributed by atoms with Crippen LogP contribution < -0.4 is 30.7 Å². The Morgan fingerprint density at radius 1 is 0.583 bits per heavy atom. The van der Waals surface area contributed by atoms with Crippen LogP contribution in [0.5, 0.6) is 11.5 Å². The molecule has 0 amide bonds. The second kappa shape index (κ2) is 20.7. The molecule has 0 heterocycles. The first-order valence-electron chi connectivity index (χ1n) is 13.1. The molecule has 0 saturated heterocycles. The molecule has 8 heteroatoms. The third kappa shape index (κ3) is 19.8. The summed E-state index contributed by atoms with van der Waals surface area (Å²) in [6, 6.07) is 17.4. The molecule has 6 nitrogen and oxygen atoms in total. The summed E-state index contributed by atoms with van der Waals surface area (Å²) in [4.78, 5) is 0. The molecule has 0 atom stereocenters. The van der Waals surface area contributed by atoms with Crippen LogP contribution >= 0.6 is 0 Å². The second-order valence-electron chi connectivity index (χ2n) is 8.68. The van der Waals surface area contributed by atoms with E-state index >= 15 is 0 Å². The number of rotatable bonds is 18. The van der Waals surface area contributed by atoms with Gasteiger partial charge in [0, 0.05) is 0 Å². The van der Waals surface area contributed by atoms with Crippen LogP contribution in [0.3, 0.4) is 0 Å². The highest BCUT2D eigenvalue weighted by molar-refractivity contribution is 7.79. The van der Waals surface area contributed by atoms with Crippen molar-refractivity contribution in [3.05, 3.63) is 55.7 Å². The lowest BCUT2D eigenvalue weighted by Gasteiger charge is -2.06. The third-order valence-corrected chi connectivity index (χ3v) is 8.06. The van der Waals surface area contributed by atoms with Crippen LogP contribution in [0.25, 0.3) is 0 Å². The Labute approximate surface area is 229 Å². The van der Waals surface area contributed by atoms with Crippen molar-refractivity contribution < 1.29 is 48.2 Å². The molecule has 0 radical (unpaired) electrons. The van der Waals surface area contributed by atoms with E-state index in [-0.39, 0.29) is 21.2 Å². The van der Waals surface area contributed by atoms with Crippen molar-refractivity contribution in [2.75, 3.05) is 13.2 Å². The maximum atomic E-state index is 8.74. The minimum atomic E-state index is -4.67. The predicted molar refractivity (Wildman–Crippen MR) is 142 cm³/mol.